The van der Waals surface area contributed by atoms with Crippen LogP contribution in [0.3, 0.4) is 0 Å². The van der Waals surface area contributed by atoms with E-state index in [4.69, 9.17) is 11.5 Å². The highest BCUT2D eigenvalue weighted by Crippen LogP contribution is 2.39. The van der Waals surface area contributed by atoms with Crippen LogP contribution in [0.5, 0.6) is 0 Å². The third kappa shape index (κ3) is 1.94. The van der Waals surface area contributed by atoms with Crippen LogP contribution in [0.25, 0.3) is 11.1 Å². The minimum Gasteiger partial charge on any atom is -0.394 e. The van der Waals surface area contributed by atoms with Gasteiger partial charge in [-0.1, -0.05) is 0 Å². The summed E-state index contributed by atoms with van der Waals surface area (Å²) >= 11 is 0. The van der Waals surface area contributed by atoms with Crippen molar-refractivity contribution in [3.05, 3.63) is 46.5 Å². The van der Waals surface area contributed by atoms with Crippen molar-refractivity contribution in [2.75, 3.05) is 11.5 Å². The normalized spacial score (nSPS) is 11.1. The number of hydrogen-bond donors (Lipinski definition) is 2. The molecule has 0 atom stereocenters. The van der Waals surface area contributed by atoms with Crippen molar-refractivity contribution in [2.45, 2.75) is 0 Å². The minimum absolute atomic E-state index is 1.60. The first kappa shape index (κ1) is 15.9. The van der Waals surface area contributed by atoms with E-state index in [-0.39, 0.29) is 0 Å². The molecule has 0 aliphatic rings. The highest BCUT2D eigenvalue weighted by Gasteiger charge is 2.32. The zero-order valence-electron chi connectivity index (χ0n) is 10.2. The van der Waals surface area contributed by atoms with Crippen LogP contribution in [0.1, 0.15) is 0 Å². The third-order valence-corrected chi connectivity index (χ3v) is 2.84. The topological polar surface area (TPSA) is 52.0 Å². The van der Waals surface area contributed by atoms with Gasteiger partial charge in [0.25, 0.3) is 0 Å². The van der Waals surface area contributed by atoms with Gasteiger partial charge in [0, 0.05) is 0 Å². The van der Waals surface area contributed by atoms with Crippen molar-refractivity contribution < 1.29 is 35.1 Å². The molecule has 0 unspecified atom stereocenters. The molecule has 118 valence electrons. The first-order chi connectivity index (χ1) is 10.1. The molecule has 0 aliphatic carbocycles. The van der Waals surface area contributed by atoms with E-state index in [1.165, 1.54) is 0 Å². The van der Waals surface area contributed by atoms with Crippen molar-refractivity contribution in [1.82, 2.24) is 0 Å². The number of nitrogen functional groups attached to an aromatic ring is 2. The summed E-state index contributed by atoms with van der Waals surface area (Å²) in [6.07, 6.45) is 0. The van der Waals surface area contributed by atoms with E-state index in [1.807, 2.05) is 0 Å². The van der Waals surface area contributed by atoms with E-state index in [1.54, 1.807) is 0 Å². The molecule has 0 amide bonds. The summed E-state index contributed by atoms with van der Waals surface area (Å²) in [4.78, 5) is 0. The van der Waals surface area contributed by atoms with Gasteiger partial charge in [-0.3, -0.25) is 0 Å². The first-order valence-corrected chi connectivity index (χ1v) is 5.34. The molecule has 0 radical (unpaired) electrons. The van der Waals surface area contributed by atoms with Crippen molar-refractivity contribution in [3.63, 3.8) is 0 Å². The Labute approximate surface area is 116 Å². The first-order valence-electron chi connectivity index (χ1n) is 5.34. The molecule has 22 heavy (non-hydrogen) atoms. The quantitative estimate of drug-likeness (QED) is 0.363. The molecule has 0 heterocycles. The van der Waals surface area contributed by atoms with E-state index in [2.05, 4.69) is 0 Å². The lowest BCUT2D eigenvalue weighted by atomic mass is 10.00. The number of halogens is 8. The Balaban J connectivity index is 3.03. The van der Waals surface area contributed by atoms with Crippen LogP contribution in [-0.4, -0.2) is 0 Å². The van der Waals surface area contributed by atoms with Crippen LogP contribution < -0.4 is 11.5 Å². The SMILES string of the molecule is Nc1c(F)c(F)c(F)c(-c2c(F)c(N)c(F)c(F)c2F)c1F. The van der Waals surface area contributed by atoms with Crippen LogP contribution in [0.15, 0.2) is 0 Å². The number of benzene rings is 2. The van der Waals surface area contributed by atoms with Gasteiger partial charge in [0.15, 0.2) is 46.5 Å². The maximum atomic E-state index is 13.8. The number of anilines is 2. The molecule has 10 heteroatoms. The molecule has 0 saturated heterocycles. The van der Waals surface area contributed by atoms with Crippen LogP contribution in [0.2, 0.25) is 0 Å². The van der Waals surface area contributed by atoms with E-state index in [9.17, 15) is 35.1 Å². The molecule has 0 aliphatic heterocycles. The monoisotopic (exact) mass is 328 g/mol. The Morgan fingerprint density at radius 3 is 0.909 bits per heavy atom. The average molecular weight is 328 g/mol. The van der Waals surface area contributed by atoms with Gasteiger partial charge < -0.3 is 11.5 Å². The maximum Gasteiger partial charge on any atom is 0.197 e. The van der Waals surface area contributed by atoms with Crippen molar-refractivity contribution in [2.24, 2.45) is 0 Å². The Bertz CT molecular complexity index is 677. The summed E-state index contributed by atoms with van der Waals surface area (Å²) in [6.45, 7) is 0. The van der Waals surface area contributed by atoms with Gasteiger partial charge in [-0.05, 0) is 0 Å². The molecular weight excluding hydrogens is 324 g/mol. The second-order valence-electron chi connectivity index (χ2n) is 4.09. The Morgan fingerprint density at radius 1 is 0.364 bits per heavy atom. The predicted octanol–water partition coefficient (Wildman–Crippen LogP) is 3.63. The van der Waals surface area contributed by atoms with Gasteiger partial charge in [0.05, 0.1) is 11.1 Å². The summed E-state index contributed by atoms with van der Waals surface area (Å²) < 4.78 is 107. The van der Waals surface area contributed by atoms with Gasteiger partial charge in [-0.2, -0.15) is 0 Å². The van der Waals surface area contributed by atoms with Gasteiger partial charge in [0.2, 0.25) is 0 Å². The molecule has 0 spiro atoms. The van der Waals surface area contributed by atoms with Crippen LogP contribution in [0, 0.1) is 46.5 Å². The molecule has 2 nitrogen and oxygen atoms in total. The van der Waals surface area contributed by atoms with Crippen LogP contribution >= 0.6 is 0 Å². The Kier molecular flexibility index (Phi) is 3.63. The lowest BCUT2D eigenvalue weighted by Gasteiger charge is -2.13. The summed E-state index contributed by atoms with van der Waals surface area (Å²) in [5, 5.41) is 0. The number of hydrogen-bond acceptors (Lipinski definition) is 2. The fourth-order valence-electron chi connectivity index (χ4n) is 1.74. The average Bonchev–Trinajstić information content (AvgIpc) is 2.50. The molecule has 0 bridgehead atoms. The second-order valence-corrected chi connectivity index (χ2v) is 4.09. The highest BCUT2D eigenvalue weighted by molar-refractivity contribution is 5.74. The molecule has 2 aromatic carbocycles. The van der Waals surface area contributed by atoms with E-state index in [0.717, 1.165) is 0 Å². The zero-order valence-corrected chi connectivity index (χ0v) is 10.2. The maximum absolute atomic E-state index is 13.8. The van der Waals surface area contributed by atoms with Crippen molar-refractivity contribution >= 4 is 11.4 Å². The summed E-state index contributed by atoms with van der Waals surface area (Å²) in [5.41, 5.74) is 2.69. The van der Waals surface area contributed by atoms with E-state index < -0.39 is 69.0 Å². The lowest BCUT2D eigenvalue weighted by molar-refractivity contribution is 0.430. The molecule has 4 N–H and O–H groups in total. The van der Waals surface area contributed by atoms with Crippen molar-refractivity contribution in [1.29, 1.82) is 0 Å². The van der Waals surface area contributed by atoms with Crippen LogP contribution in [0.4, 0.5) is 46.5 Å². The minimum atomic E-state index is -2.38. The molecule has 2 aromatic rings. The smallest absolute Gasteiger partial charge is 0.197 e. The summed E-state index contributed by atoms with van der Waals surface area (Å²) in [6, 6.07) is 0. The third-order valence-electron chi connectivity index (χ3n) is 2.84. The van der Waals surface area contributed by atoms with E-state index >= 15 is 0 Å². The van der Waals surface area contributed by atoms with Gasteiger partial charge >= 0.3 is 0 Å². The Hall–Kier alpha value is -2.52. The molecule has 0 aromatic heterocycles. The molecule has 0 saturated carbocycles. The molecule has 2 rings (SSSR count). The van der Waals surface area contributed by atoms with Gasteiger partial charge in [-0.25, -0.2) is 35.1 Å². The Morgan fingerprint density at radius 2 is 0.636 bits per heavy atom. The number of rotatable bonds is 1. The standard InChI is InChI=1S/C12H4F8N2/c13-3-1(5(15)11(21)9(19)7(3)17)2-4(14)8(18)10(20)12(22)6(2)16/h21-22H2. The van der Waals surface area contributed by atoms with Crippen LogP contribution in [-0.2, 0) is 0 Å². The fourth-order valence-corrected chi connectivity index (χ4v) is 1.74. The fraction of sp³-hybridized carbons (Fsp3) is 0. The molecule has 0 fully saturated rings. The summed E-state index contributed by atoms with van der Waals surface area (Å²) in [7, 11) is 0. The lowest BCUT2D eigenvalue weighted by Crippen LogP contribution is -2.11. The van der Waals surface area contributed by atoms with Gasteiger partial charge in [-0.15, -0.1) is 0 Å². The highest BCUT2D eigenvalue weighted by atomic mass is 19.2. The second kappa shape index (κ2) is 5.04. The zero-order chi connectivity index (χ0) is 16.9. The largest absolute Gasteiger partial charge is 0.394 e. The van der Waals surface area contributed by atoms with Gasteiger partial charge in [0.1, 0.15) is 11.4 Å². The molecular formula is C12H4F8N2. The van der Waals surface area contributed by atoms with Crippen molar-refractivity contribution in [3.8, 4) is 11.1 Å². The van der Waals surface area contributed by atoms with E-state index in [0.29, 0.717) is 0 Å². The predicted molar refractivity (Wildman–Crippen MR) is 60.4 cm³/mol. The summed E-state index contributed by atoms with van der Waals surface area (Å²) in [5.74, 6) is -17.9. The number of nitrogens with two attached hydrogens (primary N) is 2.